The third-order valence-corrected chi connectivity index (χ3v) is 5.40. The molecule has 0 saturated carbocycles. The highest BCUT2D eigenvalue weighted by Gasteiger charge is 2.26. The molecule has 1 saturated heterocycles. The lowest BCUT2D eigenvalue weighted by Crippen LogP contribution is -2.47. The maximum atomic E-state index is 12.8. The van der Waals surface area contributed by atoms with Crippen molar-refractivity contribution in [3.8, 4) is 0 Å². The Morgan fingerprint density at radius 3 is 2.45 bits per heavy atom. The Kier molecular flexibility index (Phi) is 7.06. The van der Waals surface area contributed by atoms with Crippen LogP contribution in [0.3, 0.4) is 0 Å². The van der Waals surface area contributed by atoms with E-state index in [2.05, 4.69) is 20.5 Å². The van der Waals surface area contributed by atoms with Crippen molar-refractivity contribution in [2.75, 3.05) is 23.3 Å². The molecule has 1 unspecified atom stereocenters. The van der Waals surface area contributed by atoms with Crippen LogP contribution in [-0.2, 0) is 4.79 Å². The van der Waals surface area contributed by atoms with E-state index in [-0.39, 0.29) is 22.2 Å². The first kappa shape index (κ1) is 22.5. The standard InChI is InChI=1S/C21H24ClN5O4/c1-13(2)19(25-20(28)16-7-6-15(27(30)31)11-17(16)22)21(29)24-14-5-8-18(23-12-14)26-9-3-4-10-26/h5-8,11-13,19H,3-4,9-10H2,1-2H3,(H,24,29)(H,25,28). The van der Waals surface area contributed by atoms with E-state index in [9.17, 15) is 19.7 Å². The molecule has 2 aromatic rings. The van der Waals surface area contributed by atoms with Crippen LogP contribution in [0.15, 0.2) is 36.5 Å². The molecule has 0 spiro atoms. The van der Waals surface area contributed by atoms with E-state index in [1.807, 2.05) is 6.07 Å². The van der Waals surface area contributed by atoms with E-state index in [0.29, 0.717) is 5.69 Å². The second kappa shape index (κ2) is 9.74. The fourth-order valence-electron chi connectivity index (χ4n) is 3.37. The van der Waals surface area contributed by atoms with Crippen molar-refractivity contribution in [3.63, 3.8) is 0 Å². The minimum Gasteiger partial charge on any atom is -0.357 e. The van der Waals surface area contributed by atoms with Gasteiger partial charge in [-0.3, -0.25) is 19.7 Å². The van der Waals surface area contributed by atoms with E-state index in [1.165, 1.54) is 12.1 Å². The third-order valence-electron chi connectivity index (χ3n) is 5.09. The van der Waals surface area contributed by atoms with Gasteiger partial charge in [0, 0.05) is 25.2 Å². The highest BCUT2D eigenvalue weighted by molar-refractivity contribution is 6.34. The van der Waals surface area contributed by atoms with Gasteiger partial charge in [0.1, 0.15) is 11.9 Å². The molecule has 1 aliphatic rings. The van der Waals surface area contributed by atoms with E-state index in [1.54, 1.807) is 26.1 Å². The number of nitrogens with zero attached hydrogens (tertiary/aromatic N) is 3. The summed E-state index contributed by atoms with van der Waals surface area (Å²) in [7, 11) is 0. The summed E-state index contributed by atoms with van der Waals surface area (Å²) in [6.45, 7) is 5.56. The molecular weight excluding hydrogens is 422 g/mol. The fourth-order valence-corrected chi connectivity index (χ4v) is 3.63. The molecule has 2 N–H and O–H groups in total. The molecule has 1 aromatic heterocycles. The molecule has 1 aromatic carbocycles. The number of halogens is 1. The van der Waals surface area contributed by atoms with Crippen LogP contribution in [0.25, 0.3) is 0 Å². The number of nitrogens with one attached hydrogen (secondary N) is 2. The molecule has 31 heavy (non-hydrogen) atoms. The van der Waals surface area contributed by atoms with Crippen molar-refractivity contribution in [1.29, 1.82) is 0 Å². The summed E-state index contributed by atoms with van der Waals surface area (Å²) >= 11 is 6.03. The number of benzene rings is 1. The van der Waals surface area contributed by atoms with Gasteiger partial charge in [0.2, 0.25) is 5.91 Å². The van der Waals surface area contributed by atoms with E-state index < -0.39 is 22.8 Å². The summed E-state index contributed by atoms with van der Waals surface area (Å²) < 4.78 is 0. The van der Waals surface area contributed by atoms with Crippen molar-refractivity contribution in [2.45, 2.75) is 32.7 Å². The highest BCUT2D eigenvalue weighted by atomic mass is 35.5. The predicted molar refractivity (Wildman–Crippen MR) is 119 cm³/mol. The average Bonchev–Trinajstić information content (AvgIpc) is 3.26. The molecule has 3 rings (SSSR count). The van der Waals surface area contributed by atoms with Crippen molar-refractivity contribution < 1.29 is 14.5 Å². The molecule has 1 aliphatic heterocycles. The smallest absolute Gasteiger partial charge is 0.270 e. The summed E-state index contributed by atoms with van der Waals surface area (Å²) in [5.74, 6) is -0.317. The Balaban J connectivity index is 1.67. The van der Waals surface area contributed by atoms with Crippen LogP contribution in [-0.4, -0.2) is 40.9 Å². The SMILES string of the molecule is CC(C)C(NC(=O)c1ccc([N+](=O)[O-])cc1Cl)C(=O)Nc1ccc(N2CCCC2)nc1. The van der Waals surface area contributed by atoms with Gasteiger partial charge in [-0.2, -0.15) is 0 Å². The number of hydrogen-bond acceptors (Lipinski definition) is 6. The number of amides is 2. The lowest BCUT2D eigenvalue weighted by atomic mass is 10.0. The van der Waals surface area contributed by atoms with Gasteiger partial charge in [0.05, 0.1) is 27.4 Å². The maximum absolute atomic E-state index is 12.8. The number of nitro benzene ring substituents is 1. The van der Waals surface area contributed by atoms with Crippen LogP contribution in [0.5, 0.6) is 0 Å². The van der Waals surface area contributed by atoms with Crippen molar-refractivity contribution in [1.82, 2.24) is 10.3 Å². The summed E-state index contributed by atoms with van der Waals surface area (Å²) in [5.41, 5.74) is 0.369. The maximum Gasteiger partial charge on any atom is 0.270 e. The van der Waals surface area contributed by atoms with Crippen LogP contribution in [0.2, 0.25) is 5.02 Å². The minimum absolute atomic E-state index is 0.0577. The molecule has 2 amide bonds. The van der Waals surface area contributed by atoms with Crippen LogP contribution >= 0.6 is 11.6 Å². The van der Waals surface area contributed by atoms with Crippen LogP contribution in [0, 0.1) is 16.0 Å². The molecular formula is C21H24ClN5O4. The van der Waals surface area contributed by atoms with Gasteiger partial charge in [0.25, 0.3) is 11.6 Å². The molecule has 1 atom stereocenters. The van der Waals surface area contributed by atoms with Crippen LogP contribution < -0.4 is 15.5 Å². The number of nitro groups is 1. The normalized spacial score (nSPS) is 14.4. The third kappa shape index (κ3) is 5.49. The second-order valence-corrected chi connectivity index (χ2v) is 8.11. The average molecular weight is 446 g/mol. The van der Waals surface area contributed by atoms with Crippen molar-refractivity contribution >= 4 is 40.6 Å². The number of aromatic nitrogens is 1. The van der Waals surface area contributed by atoms with Gasteiger partial charge in [-0.1, -0.05) is 25.4 Å². The molecule has 164 valence electrons. The largest absolute Gasteiger partial charge is 0.357 e. The lowest BCUT2D eigenvalue weighted by molar-refractivity contribution is -0.384. The predicted octanol–water partition coefficient (Wildman–Crippen LogP) is 3.64. The van der Waals surface area contributed by atoms with Crippen LogP contribution in [0.1, 0.15) is 37.0 Å². The van der Waals surface area contributed by atoms with Gasteiger partial charge in [0.15, 0.2) is 0 Å². The van der Waals surface area contributed by atoms with E-state index >= 15 is 0 Å². The Bertz CT molecular complexity index is 974. The van der Waals surface area contributed by atoms with Crippen molar-refractivity contribution in [2.24, 2.45) is 5.92 Å². The number of anilines is 2. The minimum atomic E-state index is -0.836. The van der Waals surface area contributed by atoms with Crippen molar-refractivity contribution in [3.05, 3.63) is 57.2 Å². The van der Waals surface area contributed by atoms with Gasteiger partial charge >= 0.3 is 0 Å². The highest BCUT2D eigenvalue weighted by Crippen LogP contribution is 2.23. The van der Waals surface area contributed by atoms with E-state index in [4.69, 9.17) is 11.6 Å². The number of rotatable bonds is 7. The van der Waals surface area contributed by atoms with Gasteiger partial charge in [-0.05, 0) is 37.0 Å². The molecule has 9 nitrogen and oxygen atoms in total. The second-order valence-electron chi connectivity index (χ2n) is 7.70. The molecule has 0 radical (unpaired) electrons. The Morgan fingerprint density at radius 1 is 1.19 bits per heavy atom. The quantitative estimate of drug-likeness (QED) is 0.496. The topological polar surface area (TPSA) is 117 Å². The first-order valence-corrected chi connectivity index (χ1v) is 10.4. The number of pyridine rings is 1. The summed E-state index contributed by atoms with van der Waals surface area (Å²) in [6.07, 6.45) is 3.89. The van der Waals surface area contributed by atoms with Gasteiger partial charge in [-0.15, -0.1) is 0 Å². The molecule has 1 fully saturated rings. The van der Waals surface area contributed by atoms with Crippen LogP contribution in [0.4, 0.5) is 17.2 Å². The summed E-state index contributed by atoms with van der Waals surface area (Å²) in [6, 6.07) is 6.38. The summed E-state index contributed by atoms with van der Waals surface area (Å²) in [4.78, 5) is 42.3. The zero-order valence-electron chi connectivity index (χ0n) is 17.3. The molecule has 10 heteroatoms. The fraction of sp³-hybridized carbons (Fsp3) is 0.381. The Hall–Kier alpha value is -3.20. The number of hydrogen-bond donors (Lipinski definition) is 2. The zero-order valence-corrected chi connectivity index (χ0v) is 18.1. The number of carbonyl (C=O) groups excluding carboxylic acids is 2. The monoisotopic (exact) mass is 445 g/mol. The first-order chi connectivity index (χ1) is 14.8. The lowest BCUT2D eigenvalue weighted by Gasteiger charge is -2.22. The van der Waals surface area contributed by atoms with E-state index in [0.717, 1.165) is 37.8 Å². The first-order valence-electron chi connectivity index (χ1n) is 10.0. The Labute approximate surface area is 184 Å². The number of non-ortho nitro benzene ring substituents is 1. The molecule has 0 aliphatic carbocycles. The summed E-state index contributed by atoms with van der Waals surface area (Å²) in [5, 5.41) is 16.2. The Morgan fingerprint density at radius 2 is 1.90 bits per heavy atom. The zero-order chi connectivity index (χ0) is 22.5. The van der Waals surface area contributed by atoms with Gasteiger partial charge in [-0.25, -0.2) is 4.98 Å². The molecule has 0 bridgehead atoms. The number of carbonyl (C=O) groups is 2. The molecule has 2 heterocycles. The van der Waals surface area contributed by atoms with Gasteiger partial charge < -0.3 is 15.5 Å².